The predicted octanol–water partition coefficient (Wildman–Crippen LogP) is 2.22. The van der Waals surface area contributed by atoms with E-state index in [1.807, 2.05) is 35.7 Å². The Morgan fingerprint density at radius 1 is 1.35 bits per heavy atom. The quantitative estimate of drug-likeness (QED) is 0.730. The molecule has 0 aromatic carbocycles. The average Bonchev–Trinajstić information content (AvgIpc) is 3.02. The van der Waals surface area contributed by atoms with Crippen molar-refractivity contribution in [1.29, 1.82) is 0 Å². The van der Waals surface area contributed by atoms with E-state index in [1.165, 1.54) is 11.3 Å². The third-order valence-electron chi connectivity index (χ3n) is 2.91. The molecule has 0 atom stereocenters. The van der Waals surface area contributed by atoms with E-state index in [-0.39, 0.29) is 0 Å². The van der Waals surface area contributed by atoms with Crippen LogP contribution in [0, 0.1) is 6.92 Å². The van der Waals surface area contributed by atoms with Crippen molar-refractivity contribution >= 4 is 22.1 Å². The molecule has 3 aromatic rings. The maximum atomic E-state index is 5.00. The van der Waals surface area contributed by atoms with Crippen molar-refractivity contribution in [3.63, 3.8) is 0 Å². The molecule has 0 aliphatic heterocycles. The topological polar surface area (TPSA) is 64.3 Å². The van der Waals surface area contributed by atoms with Crippen LogP contribution in [0.3, 0.4) is 0 Å². The number of aromatic nitrogens is 4. The Hall–Kier alpha value is -1.99. The van der Waals surface area contributed by atoms with Gasteiger partial charge in [-0.1, -0.05) is 17.4 Å². The molecule has 0 aliphatic rings. The number of imidazole rings is 1. The minimum absolute atomic E-state index is 0.642. The van der Waals surface area contributed by atoms with Crippen LogP contribution < -0.4 is 5.32 Å². The lowest BCUT2D eigenvalue weighted by molar-refractivity contribution is 0.211. The maximum Gasteiger partial charge on any atom is 0.206 e. The summed E-state index contributed by atoms with van der Waals surface area (Å²) in [4.78, 5) is 4.54. The third-order valence-corrected chi connectivity index (χ3v) is 3.80. The Balaban J connectivity index is 1.93. The molecule has 0 aliphatic carbocycles. The largest absolute Gasteiger partial charge is 0.383 e. The van der Waals surface area contributed by atoms with Crippen molar-refractivity contribution in [2.75, 3.05) is 25.6 Å². The van der Waals surface area contributed by atoms with Crippen LogP contribution in [-0.4, -0.2) is 39.8 Å². The van der Waals surface area contributed by atoms with E-state index in [9.17, 15) is 0 Å². The summed E-state index contributed by atoms with van der Waals surface area (Å²) in [7, 11) is 1.68. The number of nitrogens with zero attached hydrogens (tertiary/aromatic N) is 4. The molecule has 20 heavy (non-hydrogen) atoms. The molecule has 3 rings (SSSR count). The second kappa shape index (κ2) is 5.56. The predicted molar refractivity (Wildman–Crippen MR) is 79.2 cm³/mol. The summed E-state index contributed by atoms with van der Waals surface area (Å²) in [5, 5.41) is 13.2. The van der Waals surface area contributed by atoms with Crippen LogP contribution in [0.25, 0.3) is 16.3 Å². The fraction of sp³-hybridized carbons (Fsp3) is 0.308. The number of ether oxygens (including phenoxy) is 1. The third kappa shape index (κ3) is 2.37. The van der Waals surface area contributed by atoms with Gasteiger partial charge in [-0.15, -0.1) is 10.2 Å². The van der Waals surface area contributed by atoms with Crippen LogP contribution in [0.15, 0.2) is 24.4 Å². The van der Waals surface area contributed by atoms with Crippen LogP contribution in [0.2, 0.25) is 0 Å². The summed E-state index contributed by atoms with van der Waals surface area (Å²) in [5.41, 5.74) is 2.87. The van der Waals surface area contributed by atoms with Gasteiger partial charge < -0.3 is 10.1 Å². The first kappa shape index (κ1) is 13.0. The number of hydrogen-bond acceptors (Lipinski definition) is 6. The first-order valence-corrected chi connectivity index (χ1v) is 7.11. The van der Waals surface area contributed by atoms with Gasteiger partial charge in [0.2, 0.25) is 5.13 Å². The molecule has 0 radical (unpaired) electrons. The van der Waals surface area contributed by atoms with Gasteiger partial charge >= 0.3 is 0 Å². The van der Waals surface area contributed by atoms with Crippen molar-refractivity contribution in [3.05, 3.63) is 30.1 Å². The van der Waals surface area contributed by atoms with Crippen molar-refractivity contribution in [2.45, 2.75) is 6.92 Å². The average molecular weight is 289 g/mol. The van der Waals surface area contributed by atoms with E-state index < -0.39 is 0 Å². The summed E-state index contributed by atoms with van der Waals surface area (Å²) < 4.78 is 7.04. The van der Waals surface area contributed by atoms with Gasteiger partial charge in [-0.25, -0.2) is 4.98 Å². The second-order valence-corrected chi connectivity index (χ2v) is 5.28. The summed E-state index contributed by atoms with van der Waals surface area (Å²) in [6, 6.07) is 5.94. The number of anilines is 1. The first-order valence-electron chi connectivity index (χ1n) is 6.30. The van der Waals surface area contributed by atoms with E-state index in [4.69, 9.17) is 4.74 Å². The lowest BCUT2D eigenvalue weighted by Crippen LogP contribution is -2.06. The highest BCUT2D eigenvalue weighted by molar-refractivity contribution is 7.18. The summed E-state index contributed by atoms with van der Waals surface area (Å²) in [6.45, 7) is 3.35. The van der Waals surface area contributed by atoms with Crippen LogP contribution in [-0.2, 0) is 4.74 Å². The van der Waals surface area contributed by atoms with Gasteiger partial charge in [-0.05, 0) is 19.1 Å². The van der Waals surface area contributed by atoms with Crippen molar-refractivity contribution in [2.24, 2.45) is 0 Å². The summed E-state index contributed by atoms with van der Waals surface area (Å²) in [5.74, 6) is 0. The smallest absolute Gasteiger partial charge is 0.206 e. The molecule has 0 saturated heterocycles. The minimum atomic E-state index is 0.642. The van der Waals surface area contributed by atoms with Crippen LogP contribution in [0.5, 0.6) is 0 Å². The van der Waals surface area contributed by atoms with Crippen molar-refractivity contribution in [3.8, 4) is 10.7 Å². The molecule has 3 aromatic heterocycles. The molecule has 7 heteroatoms. The Labute approximate surface area is 120 Å². The highest BCUT2D eigenvalue weighted by atomic mass is 32.1. The Morgan fingerprint density at radius 3 is 3.10 bits per heavy atom. The zero-order chi connectivity index (χ0) is 13.9. The van der Waals surface area contributed by atoms with Gasteiger partial charge in [0.15, 0.2) is 5.01 Å². The number of methoxy groups -OCH3 is 1. The summed E-state index contributed by atoms with van der Waals surface area (Å²) >= 11 is 1.52. The zero-order valence-corrected chi connectivity index (χ0v) is 12.1. The molecule has 3 heterocycles. The molecule has 6 nitrogen and oxygen atoms in total. The van der Waals surface area contributed by atoms with Gasteiger partial charge in [0, 0.05) is 19.9 Å². The first-order chi connectivity index (χ1) is 9.79. The fourth-order valence-corrected chi connectivity index (χ4v) is 2.88. The molecular weight excluding hydrogens is 274 g/mol. The van der Waals surface area contributed by atoms with Gasteiger partial charge in [0.05, 0.1) is 12.3 Å². The normalized spacial score (nSPS) is 11.1. The number of nitrogens with one attached hydrogen (secondary N) is 1. The van der Waals surface area contributed by atoms with Crippen LogP contribution in [0.1, 0.15) is 5.69 Å². The fourth-order valence-electron chi connectivity index (χ4n) is 2.02. The van der Waals surface area contributed by atoms with E-state index >= 15 is 0 Å². The highest BCUT2D eigenvalue weighted by Gasteiger charge is 2.15. The molecular formula is C13H15N5OS. The molecule has 0 amide bonds. The molecule has 0 fully saturated rings. The number of rotatable bonds is 5. The molecule has 104 valence electrons. The van der Waals surface area contributed by atoms with E-state index in [0.29, 0.717) is 6.61 Å². The highest BCUT2D eigenvalue weighted by Crippen LogP contribution is 2.29. The van der Waals surface area contributed by atoms with Gasteiger partial charge in [-0.2, -0.15) is 0 Å². The van der Waals surface area contributed by atoms with Gasteiger partial charge in [0.25, 0.3) is 0 Å². The minimum Gasteiger partial charge on any atom is -0.383 e. The monoisotopic (exact) mass is 289 g/mol. The molecule has 0 unspecified atom stereocenters. The zero-order valence-electron chi connectivity index (χ0n) is 11.3. The molecule has 1 N–H and O–H groups in total. The molecule has 0 bridgehead atoms. The molecule has 0 spiro atoms. The lowest BCUT2D eigenvalue weighted by Gasteiger charge is -1.99. The van der Waals surface area contributed by atoms with Crippen molar-refractivity contribution < 1.29 is 4.74 Å². The second-order valence-electron chi connectivity index (χ2n) is 4.31. The van der Waals surface area contributed by atoms with Crippen LogP contribution >= 0.6 is 11.3 Å². The number of aryl methyl sites for hydroxylation is 1. The lowest BCUT2D eigenvalue weighted by atomic mass is 10.3. The van der Waals surface area contributed by atoms with E-state index in [1.54, 1.807) is 7.11 Å². The van der Waals surface area contributed by atoms with Crippen molar-refractivity contribution in [1.82, 2.24) is 19.6 Å². The molecule has 0 saturated carbocycles. The standard InChI is InChI=1S/C13H15N5OS/c1-9-11(18-7-4-3-5-10(18)15-9)12-16-17-13(20-12)14-6-8-19-2/h3-5,7H,6,8H2,1-2H3,(H,14,17). The Morgan fingerprint density at radius 2 is 2.25 bits per heavy atom. The summed E-state index contributed by atoms with van der Waals surface area (Å²) in [6.07, 6.45) is 1.99. The van der Waals surface area contributed by atoms with Gasteiger partial charge in [-0.3, -0.25) is 4.40 Å². The number of pyridine rings is 1. The Kier molecular flexibility index (Phi) is 3.62. The number of fused-ring (bicyclic) bond motifs is 1. The van der Waals surface area contributed by atoms with Gasteiger partial charge in [0.1, 0.15) is 11.3 Å². The Bertz CT molecular complexity index is 720. The van der Waals surface area contributed by atoms with Crippen LogP contribution in [0.4, 0.5) is 5.13 Å². The number of hydrogen-bond donors (Lipinski definition) is 1. The SMILES string of the molecule is COCCNc1nnc(-c2c(C)nc3ccccn23)s1. The van der Waals surface area contributed by atoms with E-state index in [2.05, 4.69) is 20.5 Å². The van der Waals surface area contributed by atoms with E-state index in [0.717, 1.165) is 33.7 Å². The maximum absolute atomic E-state index is 5.00.